The summed E-state index contributed by atoms with van der Waals surface area (Å²) >= 11 is 0. The molecule has 38 heavy (non-hydrogen) atoms. The zero-order chi connectivity index (χ0) is 26.2. The summed E-state index contributed by atoms with van der Waals surface area (Å²) in [5.74, 6) is 0. The molecule has 0 radical (unpaired) electrons. The highest BCUT2D eigenvalue weighted by atomic mass is 32.2. The van der Waals surface area contributed by atoms with Gasteiger partial charge in [-0.3, -0.25) is 14.6 Å². The lowest BCUT2D eigenvalue weighted by atomic mass is 9.95. The Bertz CT molecular complexity index is 1550. The van der Waals surface area contributed by atoms with Gasteiger partial charge in [0.05, 0.1) is 5.52 Å². The van der Waals surface area contributed by atoms with Crippen LogP contribution < -0.4 is 4.72 Å². The smallest absolute Gasteiger partial charge is 0.264 e. The second kappa shape index (κ2) is 9.89. The third-order valence-corrected chi connectivity index (χ3v) is 9.29. The van der Waals surface area contributed by atoms with E-state index in [4.69, 9.17) is 0 Å². The molecule has 0 spiro atoms. The molecule has 6 nitrogen and oxygen atoms in total. The van der Waals surface area contributed by atoms with Crippen LogP contribution in [0.1, 0.15) is 24.0 Å². The predicted octanol–water partition coefficient (Wildman–Crippen LogP) is 5.36. The third kappa shape index (κ3) is 4.91. The summed E-state index contributed by atoms with van der Waals surface area (Å²) in [6, 6.07) is 27.2. The molecule has 3 aromatic carbocycles. The molecule has 1 aliphatic carbocycles. The van der Waals surface area contributed by atoms with Crippen LogP contribution in [0.2, 0.25) is 0 Å². The molecular weight excluding hydrogens is 492 g/mol. The van der Waals surface area contributed by atoms with Crippen molar-refractivity contribution in [2.75, 3.05) is 37.4 Å². The fourth-order valence-corrected chi connectivity index (χ4v) is 6.74. The van der Waals surface area contributed by atoms with Crippen LogP contribution in [0.25, 0.3) is 16.6 Å². The molecule has 2 heterocycles. The van der Waals surface area contributed by atoms with Gasteiger partial charge in [0.1, 0.15) is 4.90 Å². The third-order valence-electron chi connectivity index (χ3n) is 7.88. The van der Waals surface area contributed by atoms with Gasteiger partial charge in [-0.1, -0.05) is 67.2 Å². The highest BCUT2D eigenvalue weighted by Crippen LogP contribution is 2.48. The molecule has 0 bridgehead atoms. The first kappa shape index (κ1) is 24.6. The maximum absolute atomic E-state index is 13.1. The molecule has 1 aromatic heterocycles. The summed E-state index contributed by atoms with van der Waals surface area (Å²) in [5.41, 5.74) is 4.75. The summed E-state index contributed by atoms with van der Waals surface area (Å²) in [7, 11) is -3.78. The van der Waals surface area contributed by atoms with Crippen LogP contribution in [0.15, 0.2) is 103 Å². The van der Waals surface area contributed by atoms with Gasteiger partial charge in [-0.2, -0.15) is 0 Å². The summed E-state index contributed by atoms with van der Waals surface area (Å²) in [4.78, 5) is 9.37. The Morgan fingerprint density at radius 3 is 2.29 bits per heavy atom. The standard InChI is InChI=1S/C31H32N4O2S/c1-24(35-21-19-34(20-22-35)23-31(16-17-31)27-9-3-2-4-10-27)25-12-14-28(15-13-25)33-38(36,37)29-11-5-7-26-8-6-18-32-30(26)29/h2-15,18,33H,1,16-17,19-23H2. The van der Waals surface area contributed by atoms with Crippen LogP contribution >= 0.6 is 0 Å². The van der Waals surface area contributed by atoms with E-state index in [1.807, 2.05) is 24.3 Å². The summed E-state index contributed by atoms with van der Waals surface area (Å²) in [5, 5.41) is 0.787. The van der Waals surface area contributed by atoms with Gasteiger partial charge in [0, 0.05) is 61.1 Å². The lowest BCUT2D eigenvalue weighted by molar-refractivity contribution is 0.163. The highest BCUT2D eigenvalue weighted by Gasteiger charge is 2.45. The van der Waals surface area contributed by atoms with Crippen LogP contribution in [0, 0.1) is 0 Å². The van der Waals surface area contributed by atoms with Crippen molar-refractivity contribution < 1.29 is 8.42 Å². The normalized spacial score (nSPS) is 17.3. The number of sulfonamides is 1. The molecule has 4 aromatic rings. The fraction of sp³-hybridized carbons (Fsp3) is 0.258. The molecule has 1 saturated heterocycles. The van der Waals surface area contributed by atoms with Crippen molar-refractivity contribution in [3.8, 4) is 0 Å². The molecule has 2 fully saturated rings. The minimum Gasteiger partial charge on any atom is -0.369 e. The second-order valence-corrected chi connectivity index (χ2v) is 12.0. The first-order valence-corrected chi connectivity index (χ1v) is 14.6. The molecule has 194 valence electrons. The Hall–Kier alpha value is -3.68. The molecule has 6 rings (SSSR count). The molecular formula is C31H32N4O2S. The van der Waals surface area contributed by atoms with Crippen molar-refractivity contribution in [1.29, 1.82) is 0 Å². The minimum absolute atomic E-state index is 0.169. The van der Waals surface area contributed by atoms with Crippen LogP contribution in [-0.2, 0) is 15.4 Å². The first-order chi connectivity index (χ1) is 18.4. The number of benzene rings is 3. The number of nitrogens with one attached hydrogen (secondary N) is 1. The summed E-state index contributed by atoms with van der Waals surface area (Å²) in [6.07, 6.45) is 4.16. The quantitative estimate of drug-likeness (QED) is 0.336. The minimum atomic E-state index is -3.78. The largest absolute Gasteiger partial charge is 0.369 e. The average Bonchev–Trinajstić information content (AvgIpc) is 3.74. The Morgan fingerprint density at radius 1 is 0.868 bits per heavy atom. The van der Waals surface area contributed by atoms with E-state index in [0.29, 0.717) is 16.6 Å². The number of para-hydroxylation sites is 1. The van der Waals surface area contributed by atoms with Crippen molar-refractivity contribution in [1.82, 2.24) is 14.8 Å². The van der Waals surface area contributed by atoms with Gasteiger partial charge in [-0.05, 0) is 48.2 Å². The van der Waals surface area contributed by atoms with Crippen molar-refractivity contribution in [2.45, 2.75) is 23.2 Å². The fourth-order valence-electron chi connectivity index (χ4n) is 5.50. The Balaban J connectivity index is 1.07. The van der Waals surface area contributed by atoms with Crippen molar-refractivity contribution in [3.05, 3.63) is 109 Å². The lowest BCUT2D eigenvalue weighted by Gasteiger charge is -2.38. The Labute approximate surface area is 224 Å². The lowest BCUT2D eigenvalue weighted by Crippen LogP contribution is -2.47. The molecule has 0 amide bonds. The van der Waals surface area contributed by atoms with E-state index < -0.39 is 10.0 Å². The summed E-state index contributed by atoms with van der Waals surface area (Å²) in [6.45, 7) is 9.39. The van der Waals surface area contributed by atoms with Gasteiger partial charge in [0.2, 0.25) is 0 Å². The van der Waals surface area contributed by atoms with E-state index in [-0.39, 0.29) is 4.90 Å². The average molecular weight is 525 g/mol. The van der Waals surface area contributed by atoms with Gasteiger partial charge in [-0.25, -0.2) is 8.42 Å². The van der Waals surface area contributed by atoms with Gasteiger partial charge >= 0.3 is 0 Å². The number of pyridine rings is 1. The second-order valence-electron chi connectivity index (χ2n) is 10.4. The van der Waals surface area contributed by atoms with Crippen molar-refractivity contribution >= 4 is 32.3 Å². The zero-order valence-electron chi connectivity index (χ0n) is 21.4. The van der Waals surface area contributed by atoms with Crippen molar-refractivity contribution in [3.63, 3.8) is 0 Å². The number of nitrogens with zero attached hydrogens (tertiary/aromatic N) is 3. The molecule has 7 heteroatoms. The van der Waals surface area contributed by atoms with Crippen LogP contribution in [0.3, 0.4) is 0 Å². The molecule has 0 unspecified atom stereocenters. The topological polar surface area (TPSA) is 65.5 Å². The molecule has 1 aliphatic heterocycles. The molecule has 1 N–H and O–H groups in total. The van der Waals surface area contributed by atoms with Gasteiger partial charge in [0.15, 0.2) is 0 Å². The van der Waals surface area contributed by atoms with E-state index in [1.165, 1.54) is 18.4 Å². The number of rotatable bonds is 8. The highest BCUT2D eigenvalue weighted by molar-refractivity contribution is 7.93. The maximum Gasteiger partial charge on any atom is 0.264 e. The maximum atomic E-state index is 13.1. The van der Waals surface area contributed by atoms with Crippen molar-refractivity contribution in [2.24, 2.45) is 0 Å². The van der Waals surface area contributed by atoms with E-state index in [9.17, 15) is 8.42 Å². The van der Waals surface area contributed by atoms with E-state index in [0.717, 1.165) is 49.4 Å². The predicted molar refractivity (Wildman–Crippen MR) is 153 cm³/mol. The molecule has 1 saturated carbocycles. The SMILES string of the molecule is C=C(c1ccc(NS(=O)(=O)c2cccc3cccnc23)cc1)N1CCN(CC2(c3ccccc3)CC2)CC1. The monoisotopic (exact) mass is 524 g/mol. The number of aromatic nitrogens is 1. The number of anilines is 1. The van der Waals surface area contributed by atoms with E-state index in [1.54, 1.807) is 36.5 Å². The van der Waals surface area contributed by atoms with Gasteiger partial charge < -0.3 is 4.90 Å². The Kier molecular flexibility index (Phi) is 6.41. The number of hydrogen-bond donors (Lipinski definition) is 1. The molecule has 0 atom stereocenters. The first-order valence-electron chi connectivity index (χ1n) is 13.1. The Morgan fingerprint density at radius 2 is 1.58 bits per heavy atom. The van der Waals surface area contributed by atoms with Crippen LogP contribution in [0.5, 0.6) is 0 Å². The van der Waals surface area contributed by atoms with Gasteiger partial charge in [-0.15, -0.1) is 0 Å². The number of piperazine rings is 1. The van der Waals surface area contributed by atoms with Crippen LogP contribution in [0.4, 0.5) is 5.69 Å². The van der Waals surface area contributed by atoms with E-state index >= 15 is 0 Å². The molecule has 2 aliphatic rings. The number of hydrogen-bond acceptors (Lipinski definition) is 5. The number of fused-ring (bicyclic) bond motifs is 1. The summed E-state index contributed by atoms with van der Waals surface area (Å²) < 4.78 is 29.0. The van der Waals surface area contributed by atoms with Crippen LogP contribution in [-0.4, -0.2) is 55.9 Å². The zero-order valence-corrected chi connectivity index (χ0v) is 22.2. The van der Waals surface area contributed by atoms with E-state index in [2.05, 4.69) is 56.4 Å². The van der Waals surface area contributed by atoms with Gasteiger partial charge in [0.25, 0.3) is 10.0 Å².